The smallest absolute Gasteiger partial charge is 0.222 e. The zero-order valence-electron chi connectivity index (χ0n) is 16.3. The molecule has 1 saturated heterocycles. The number of aliphatic hydroxyl groups is 1. The number of aliphatic hydroxyl groups excluding tert-OH is 1. The molecular weight excluding hydrogens is 292 g/mol. The van der Waals surface area contributed by atoms with Gasteiger partial charge in [-0.15, -0.1) is 0 Å². The molecule has 0 aromatic rings. The van der Waals surface area contributed by atoms with Gasteiger partial charge in [0, 0.05) is 45.6 Å². The maximum atomic E-state index is 11.7. The molecule has 1 amide bonds. The van der Waals surface area contributed by atoms with E-state index in [1.54, 1.807) is 0 Å². The summed E-state index contributed by atoms with van der Waals surface area (Å²) in [6, 6.07) is 0. The number of hydrogen-bond acceptors (Lipinski definition) is 4. The number of hydrogen-bond donors (Lipinski definition) is 1. The Hall–Kier alpha value is -0.940. The van der Waals surface area contributed by atoms with E-state index in [-0.39, 0.29) is 12.5 Å². The normalized spacial score (nSPS) is 13.4. The van der Waals surface area contributed by atoms with Crippen molar-refractivity contribution in [1.29, 1.82) is 0 Å². The first-order chi connectivity index (χ1) is 11.2. The van der Waals surface area contributed by atoms with E-state index in [0.29, 0.717) is 12.8 Å². The fourth-order valence-electron chi connectivity index (χ4n) is 1.78. The summed E-state index contributed by atoms with van der Waals surface area (Å²) < 4.78 is 0. The molecule has 1 N–H and O–H groups in total. The first-order valence-corrected chi connectivity index (χ1v) is 9.16. The van der Waals surface area contributed by atoms with Crippen molar-refractivity contribution in [2.24, 2.45) is 0 Å². The van der Waals surface area contributed by atoms with E-state index in [4.69, 9.17) is 5.11 Å². The lowest BCUT2D eigenvalue weighted by molar-refractivity contribution is -0.132. The van der Waals surface area contributed by atoms with Crippen LogP contribution in [0, 0.1) is 0 Å². The first kappa shape index (κ1) is 26.9. The number of aldehydes is 1. The van der Waals surface area contributed by atoms with Gasteiger partial charge in [-0.25, -0.2) is 0 Å². The molecule has 0 saturated carbocycles. The van der Waals surface area contributed by atoms with Gasteiger partial charge in [0.2, 0.25) is 5.91 Å². The molecule has 1 heterocycles. The standard InChI is InChI=1S/C11H22N2O2.C3H6O.2C2H6/c1-12-6-8-13(9-7-12)11(15)5-3-2-4-10-14;1-2-3-4;2*1-2/h14H,2-10H2,1H3;3H,2H2,1H3;2*1-2H3. The van der Waals surface area contributed by atoms with Gasteiger partial charge >= 0.3 is 0 Å². The Bertz CT molecular complexity index is 240. The number of nitrogens with zero attached hydrogens (tertiary/aromatic N) is 2. The number of carbonyl (C=O) groups is 2. The highest BCUT2D eigenvalue weighted by molar-refractivity contribution is 5.76. The van der Waals surface area contributed by atoms with Gasteiger partial charge in [0.25, 0.3) is 0 Å². The summed E-state index contributed by atoms with van der Waals surface area (Å²) in [5.74, 6) is 0.279. The highest BCUT2D eigenvalue weighted by Gasteiger charge is 2.17. The molecule has 5 heteroatoms. The van der Waals surface area contributed by atoms with Gasteiger partial charge in [0.1, 0.15) is 6.29 Å². The fraction of sp³-hybridized carbons (Fsp3) is 0.889. The molecule has 0 radical (unpaired) electrons. The predicted octanol–water partition coefficient (Wildman–Crippen LogP) is 2.96. The Labute approximate surface area is 144 Å². The van der Waals surface area contributed by atoms with Crippen molar-refractivity contribution in [3.05, 3.63) is 0 Å². The summed E-state index contributed by atoms with van der Waals surface area (Å²) in [5.41, 5.74) is 0. The molecule has 1 aliphatic rings. The van der Waals surface area contributed by atoms with Crippen molar-refractivity contribution in [1.82, 2.24) is 9.80 Å². The maximum absolute atomic E-state index is 11.7. The van der Waals surface area contributed by atoms with Crippen molar-refractivity contribution < 1.29 is 14.7 Å². The van der Waals surface area contributed by atoms with Crippen LogP contribution < -0.4 is 0 Å². The molecule has 5 nitrogen and oxygen atoms in total. The third kappa shape index (κ3) is 19.0. The van der Waals surface area contributed by atoms with E-state index < -0.39 is 0 Å². The number of amides is 1. The second-order valence-corrected chi connectivity index (χ2v) is 4.79. The van der Waals surface area contributed by atoms with Crippen LogP contribution in [0.1, 0.15) is 66.7 Å². The van der Waals surface area contributed by atoms with Gasteiger partial charge in [-0.05, 0) is 19.9 Å². The van der Waals surface area contributed by atoms with Gasteiger partial charge in [-0.2, -0.15) is 0 Å². The maximum Gasteiger partial charge on any atom is 0.222 e. The van der Waals surface area contributed by atoms with Crippen molar-refractivity contribution >= 4 is 12.2 Å². The van der Waals surface area contributed by atoms with Crippen LogP contribution in [0.15, 0.2) is 0 Å². The zero-order chi connectivity index (χ0) is 18.5. The lowest BCUT2D eigenvalue weighted by Gasteiger charge is -2.32. The van der Waals surface area contributed by atoms with Crippen LogP contribution in [0.4, 0.5) is 0 Å². The lowest BCUT2D eigenvalue weighted by Crippen LogP contribution is -2.47. The number of carbonyl (C=O) groups excluding carboxylic acids is 2. The van der Waals surface area contributed by atoms with Crippen LogP contribution in [0.5, 0.6) is 0 Å². The fourth-order valence-corrected chi connectivity index (χ4v) is 1.78. The van der Waals surface area contributed by atoms with Crippen molar-refractivity contribution in [2.75, 3.05) is 39.8 Å². The Kier molecular flexibility index (Phi) is 27.3. The van der Waals surface area contributed by atoms with E-state index in [2.05, 4.69) is 11.9 Å². The van der Waals surface area contributed by atoms with Crippen LogP contribution in [0.2, 0.25) is 0 Å². The average molecular weight is 333 g/mol. The summed E-state index contributed by atoms with van der Waals surface area (Å²) in [6.45, 7) is 13.8. The molecule has 0 spiro atoms. The zero-order valence-corrected chi connectivity index (χ0v) is 16.3. The van der Waals surface area contributed by atoms with Crippen LogP contribution >= 0.6 is 0 Å². The number of unbranched alkanes of at least 4 members (excludes halogenated alkanes) is 2. The SMILES string of the molecule is CC.CC.CCC=O.CN1CCN(C(=O)CCCCCO)CC1. The lowest BCUT2D eigenvalue weighted by atomic mass is 10.2. The van der Waals surface area contributed by atoms with Crippen LogP contribution in [-0.4, -0.2) is 66.9 Å². The second-order valence-electron chi connectivity index (χ2n) is 4.79. The summed E-state index contributed by atoms with van der Waals surface area (Å²) in [7, 11) is 2.09. The molecule has 140 valence electrons. The van der Waals surface area contributed by atoms with Gasteiger partial charge in [0.15, 0.2) is 0 Å². The molecule has 1 fully saturated rings. The highest BCUT2D eigenvalue weighted by Crippen LogP contribution is 2.06. The van der Waals surface area contributed by atoms with Crippen LogP contribution in [-0.2, 0) is 9.59 Å². The molecule has 1 rings (SSSR count). The van der Waals surface area contributed by atoms with Gasteiger partial charge in [-0.3, -0.25) is 4.79 Å². The molecule has 0 bridgehead atoms. The predicted molar refractivity (Wildman–Crippen MR) is 98.7 cm³/mol. The molecule has 0 aromatic carbocycles. The van der Waals surface area contributed by atoms with Crippen LogP contribution in [0.25, 0.3) is 0 Å². The van der Waals surface area contributed by atoms with E-state index in [1.807, 2.05) is 39.5 Å². The molecule has 0 aliphatic carbocycles. The van der Waals surface area contributed by atoms with Crippen molar-refractivity contribution in [2.45, 2.75) is 66.7 Å². The largest absolute Gasteiger partial charge is 0.396 e. The minimum absolute atomic E-state index is 0.239. The summed E-state index contributed by atoms with van der Waals surface area (Å²) in [6.07, 6.45) is 4.83. The molecule has 1 aliphatic heterocycles. The van der Waals surface area contributed by atoms with Crippen LogP contribution in [0.3, 0.4) is 0 Å². The van der Waals surface area contributed by atoms with E-state index in [9.17, 15) is 9.59 Å². The summed E-state index contributed by atoms with van der Waals surface area (Å²) in [4.78, 5) is 25.1. The van der Waals surface area contributed by atoms with E-state index in [1.165, 1.54) is 0 Å². The van der Waals surface area contributed by atoms with Crippen molar-refractivity contribution in [3.8, 4) is 0 Å². The Morgan fingerprint density at radius 3 is 1.87 bits per heavy atom. The molecule has 0 unspecified atom stereocenters. The Balaban J connectivity index is -0.000000426. The summed E-state index contributed by atoms with van der Waals surface area (Å²) >= 11 is 0. The monoisotopic (exact) mass is 332 g/mol. The number of rotatable bonds is 6. The minimum Gasteiger partial charge on any atom is -0.396 e. The van der Waals surface area contributed by atoms with Gasteiger partial charge in [0.05, 0.1) is 0 Å². The molecule has 0 aromatic heterocycles. The van der Waals surface area contributed by atoms with Gasteiger partial charge in [-0.1, -0.05) is 41.0 Å². The van der Waals surface area contributed by atoms with E-state index in [0.717, 1.165) is 51.7 Å². The number of likely N-dealkylation sites (N-methyl/N-ethyl adjacent to an activating group) is 1. The quantitative estimate of drug-likeness (QED) is 0.600. The van der Waals surface area contributed by atoms with E-state index >= 15 is 0 Å². The Morgan fingerprint density at radius 1 is 1.00 bits per heavy atom. The average Bonchev–Trinajstić information content (AvgIpc) is 2.63. The minimum atomic E-state index is 0.239. The second kappa shape index (κ2) is 23.3. The molecule has 23 heavy (non-hydrogen) atoms. The summed E-state index contributed by atoms with van der Waals surface area (Å²) in [5, 5.41) is 8.61. The Morgan fingerprint density at radius 2 is 1.48 bits per heavy atom. The third-order valence-electron chi connectivity index (χ3n) is 3.07. The highest BCUT2D eigenvalue weighted by atomic mass is 16.3. The third-order valence-corrected chi connectivity index (χ3v) is 3.07. The number of piperazine rings is 1. The topological polar surface area (TPSA) is 60.9 Å². The first-order valence-electron chi connectivity index (χ1n) is 9.16. The molecule has 0 atom stereocenters. The molecular formula is C18H40N2O3. The van der Waals surface area contributed by atoms with Gasteiger partial charge < -0.3 is 19.7 Å². The van der Waals surface area contributed by atoms with Crippen molar-refractivity contribution in [3.63, 3.8) is 0 Å².